The van der Waals surface area contributed by atoms with Crippen LogP contribution in [0.2, 0.25) is 0 Å². The molecule has 0 saturated heterocycles. The van der Waals surface area contributed by atoms with Gasteiger partial charge in [0.1, 0.15) is 0 Å². The van der Waals surface area contributed by atoms with Crippen LogP contribution in [-0.2, 0) is 4.79 Å². The van der Waals surface area contributed by atoms with Crippen LogP contribution in [0.5, 0.6) is 0 Å². The first kappa shape index (κ1) is 21.8. The summed E-state index contributed by atoms with van der Waals surface area (Å²) in [6.45, 7) is 6.34. The van der Waals surface area contributed by atoms with Gasteiger partial charge in [0.05, 0.1) is 11.4 Å². The normalized spacial score (nSPS) is 11.0. The Morgan fingerprint density at radius 2 is 1.81 bits per heavy atom. The second kappa shape index (κ2) is 9.78. The van der Waals surface area contributed by atoms with Crippen LogP contribution in [0.3, 0.4) is 0 Å². The summed E-state index contributed by atoms with van der Waals surface area (Å²) in [6, 6.07) is 19.8. The molecule has 7 heteroatoms. The number of para-hydroxylation sites is 1. The highest BCUT2D eigenvalue weighted by Gasteiger charge is 2.20. The van der Waals surface area contributed by atoms with Crippen molar-refractivity contribution >= 4 is 23.4 Å². The monoisotopic (exact) mass is 443 g/mol. The quantitative estimate of drug-likeness (QED) is 0.382. The Kier molecular flexibility index (Phi) is 6.66. The van der Waals surface area contributed by atoms with Gasteiger partial charge in [-0.1, -0.05) is 61.5 Å². The van der Waals surface area contributed by atoms with Gasteiger partial charge < -0.3 is 5.32 Å². The van der Waals surface area contributed by atoms with Crippen LogP contribution < -0.4 is 5.32 Å². The minimum atomic E-state index is -0.0894. The van der Waals surface area contributed by atoms with Crippen LogP contribution in [0.25, 0.3) is 17.1 Å². The lowest BCUT2D eigenvalue weighted by Gasteiger charge is -2.16. The first-order valence-corrected chi connectivity index (χ1v) is 11.5. The van der Waals surface area contributed by atoms with Crippen molar-refractivity contribution in [1.82, 2.24) is 19.7 Å². The molecule has 0 aliphatic rings. The minimum absolute atomic E-state index is 0.0894. The van der Waals surface area contributed by atoms with E-state index in [1.54, 1.807) is 12.4 Å². The molecule has 0 aliphatic carbocycles. The summed E-state index contributed by atoms with van der Waals surface area (Å²) in [5.41, 5.74) is 4.99. The predicted octanol–water partition coefficient (Wildman–Crippen LogP) is 5.49. The maximum atomic E-state index is 12.6. The number of nitrogens with one attached hydrogen (secondary N) is 1. The Hall–Kier alpha value is -3.45. The van der Waals surface area contributed by atoms with E-state index in [1.807, 2.05) is 60.0 Å². The van der Waals surface area contributed by atoms with Gasteiger partial charge in [-0.2, -0.15) is 0 Å². The van der Waals surface area contributed by atoms with E-state index in [0.29, 0.717) is 16.9 Å². The van der Waals surface area contributed by atoms with E-state index in [4.69, 9.17) is 0 Å². The number of hydrogen-bond donors (Lipinski definition) is 1. The number of aromatic nitrogens is 4. The van der Waals surface area contributed by atoms with Gasteiger partial charge in [0, 0.05) is 23.6 Å². The molecule has 4 rings (SSSR count). The number of anilines is 1. The number of carbonyl (C=O) groups excluding carboxylic acids is 1. The van der Waals surface area contributed by atoms with Gasteiger partial charge in [0.15, 0.2) is 11.0 Å². The molecule has 0 spiro atoms. The molecule has 1 N–H and O–H groups in total. The van der Waals surface area contributed by atoms with Crippen molar-refractivity contribution in [1.29, 1.82) is 0 Å². The van der Waals surface area contributed by atoms with Gasteiger partial charge >= 0.3 is 0 Å². The summed E-state index contributed by atoms with van der Waals surface area (Å²) in [7, 11) is 0. The number of nitrogens with zero attached hydrogens (tertiary/aromatic N) is 4. The third kappa shape index (κ3) is 4.89. The van der Waals surface area contributed by atoms with E-state index in [-0.39, 0.29) is 11.7 Å². The number of carbonyl (C=O) groups is 1. The zero-order valence-corrected chi connectivity index (χ0v) is 19.1. The van der Waals surface area contributed by atoms with Crippen LogP contribution in [0.4, 0.5) is 5.69 Å². The van der Waals surface area contributed by atoms with Gasteiger partial charge in [0.25, 0.3) is 0 Å². The molecule has 0 aliphatic heterocycles. The van der Waals surface area contributed by atoms with Crippen LogP contribution in [0.15, 0.2) is 78.2 Å². The Balaban J connectivity index is 1.65. The summed E-state index contributed by atoms with van der Waals surface area (Å²) in [6.07, 6.45) is 3.51. The largest absolute Gasteiger partial charge is 0.325 e. The molecule has 0 fully saturated rings. The maximum Gasteiger partial charge on any atom is 0.234 e. The van der Waals surface area contributed by atoms with E-state index >= 15 is 0 Å². The van der Waals surface area contributed by atoms with E-state index in [2.05, 4.69) is 46.5 Å². The first-order valence-electron chi connectivity index (χ1n) is 10.5. The first-order chi connectivity index (χ1) is 15.5. The van der Waals surface area contributed by atoms with Crippen molar-refractivity contribution < 1.29 is 4.79 Å². The Morgan fingerprint density at radius 1 is 1.03 bits per heavy atom. The third-order valence-electron chi connectivity index (χ3n) is 5.02. The fraction of sp³-hybridized carbons (Fsp3) is 0.200. The van der Waals surface area contributed by atoms with Crippen molar-refractivity contribution in [3.05, 3.63) is 84.2 Å². The highest BCUT2D eigenvalue weighted by atomic mass is 32.2. The van der Waals surface area contributed by atoms with Crippen molar-refractivity contribution in [3.63, 3.8) is 0 Å². The second-order valence-electron chi connectivity index (χ2n) is 7.80. The molecule has 2 aromatic carbocycles. The second-order valence-corrected chi connectivity index (χ2v) is 8.74. The number of benzene rings is 2. The highest BCUT2D eigenvalue weighted by molar-refractivity contribution is 7.99. The summed E-state index contributed by atoms with van der Waals surface area (Å²) in [5, 5.41) is 12.5. The van der Waals surface area contributed by atoms with Crippen molar-refractivity contribution in [3.8, 4) is 17.1 Å². The average Bonchev–Trinajstić information content (AvgIpc) is 3.23. The van der Waals surface area contributed by atoms with Gasteiger partial charge in [-0.05, 0) is 48.7 Å². The number of rotatable bonds is 7. The number of aryl methyl sites for hydroxylation is 1. The summed E-state index contributed by atoms with van der Waals surface area (Å²) < 4.78 is 2.02. The average molecular weight is 444 g/mol. The van der Waals surface area contributed by atoms with E-state index in [9.17, 15) is 4.79 Å². The SMILES string of the molecule is Cc1ccc(NC(=O)CSc2nnc(-c3cccnc3)n2-c2ccccc2C(C)C)cc1. The standard InChI is InChI=1S/C25H25N5OS/c1-17(2)21-8-4-5-9-22(21)30-24(19-7-6-14-26-15-19)28-29-25(30)32-16-23(31)27-20-12-10-18(3)11-13-20/h4-15,17H,16H2,1-3H3,(H,27,31). The Labute approximate surface area is 192 Å². The summed E-state index contributed by atoms with van der Waals surface area (Å²) in [5.74, 6) is 1.15. The Bertz CT molecular complexity index is 1200. The zero-order valence-electron chi connectivity index (χ0n) is 18.3. The molecule has 0 radical (unpaired) electrons. The predicted molar refractivity (Wildman–Crippen MR) is 129 cm³/mol. The molecule has 32 heavy (non-hydrogen) atoms. The van der Waals surface area contributed by atoms with Crippen molar-refractivity contribution in [2.45, 2.75) is 31.8 Å². The van der Waals surface area contributed by atoms with Crippen LogP contribution in [0.1, 0.15) is 30.9 Å². The molecule has 2 aromatic heterocycles. The summed E-state index contributed by atoms with van der Waals surface area (Å²) in [4.78, 5) is 16.8. The van der Waals surface area contributed by atoms with Crippen molar-refractivity contribution in [2.24, 2.45) is 0 Å². The number of hydrogen-bond acceptors (Lipinski definition) is 5. The molecule has 2 heterocycles. The number of pyridine rings is 1. The highest BCUT2D eigenvalue weighted by Crippen LogP contribution is 2.31. The molecule has 6 nitrogen and oxygen atoms in total. The molecule has 162 valence electrons. The lowest BCUT2D eigenvalue weighted by atomic mass is 10.0. The van der Waals surface area contributed by atoms with Crippen LogP contribution in [0, 0.1) is 6.92 Å². The van der Waals surface area contributed by atoms with Crippen molar-refractivity contribution in [2.75, 3.05) is 11.1 Å². The van der Waals surface area contributed by atoms with E-state index in [1.165, 1.54) is 17.3 Å². The fourth-order valence-electron chi connectivity index (χ4n) is 3.41. The summed E-state index contributed by atoms with van der Waals surface area (Å²) >= 11 is 1.37. The van der Waals surface area contributed by atoms with E-state index < -0.39 is 0 Å². The fourth-order valence-corrected chi connectivity index (χ4v) is 4.15. The Morgan fingerprint density at radius 3 is 2.53 bits per heavy atom. The molecule has 0 atom stereocenters. The lowest BCUT2D eigenvalue weighted by molar-refractivity contribution is -0.113. The van der Waals surface area contributed by atoms with Gasteiger partial charge in [-0.3, -0.25) is 14.3 Å². The zero-order chi connectivity index (χ0) is 22.5. The van der Waals surface area contributed by atoms with Crippen LogP contribution >= 0.6 is 11.8 Å². The van der Waals surface area contributed by atoms with Gasteiger partial charge in [-0.25, -0.2) is 0 Å². The lowest BCUT2D eigenvalue weighted by Crippen LogP contribution is -2.14. The number of amides is 1. The minimum Gasteiger partial charge on any atom is -0.325 e. The maximum absolute atomic E-state index is 12.6. The van der Waals surface area contributed by atoms with E-state index in [0.717, 1.165) is 22.5 Å². The third-order valence-corrected chi connectivity index (χ3v) is 5.95. The molecule has 0 unspecified atom stereocenters. The van der Waals surface area contributed by atoms with Gasteiger partial charge in [0.2, 0.25) is 5.91 Å². The van der Waals surface area contributed by atoms with Gasteiger partial charge in [-0.15, -0.1) is 10.2 Å². The molecular formula is C25H25N5OS. The molecule has 0 bridgehead atoms. The molecule has 1 amide bonds. The topological polar surface area (TPSA) is 72.7 Å². The smallest absolute Gasteiger partial charge is 0.234 e. The van der Waals surface area contributed by atoms with Crippen LogP contribution in [-0.4, -0.2) is 31.4 Å². The molecular weight excluding hydrogens is 418 g/mol. The molecule has 0 saturated carbocycles. The number of thioether (sulfide) groups is 1. The molecule has 4 aromatic rings.